The van der Waals surface area contributed by atoms with Crippen LogP contribution < -0.4 is 10.5 Å². The summed E-state index contributed by atoms with van der Waals surface area (Å²) in [6, 6.07) is 8.63. The van der Waals surface area contributed by atoms with Gasteiger partial charge in [0.1, 0.15) is 5.75 Å². The Balaban J connectivity index is 2.10. The van der Waals surface area contributed by atoms with E-state index in [1.807, 2.05) is 13.0 Å². The Morgan fingerprint density at radius 2 is 2.00 bits per heavy atom. The number of ether oxygens (including phenoxy) is 1. The molecule has 0 saturated carbocycles. The van der Waals surface area contributed by atoms with Crippen LogP contribution in [-0.4, -0.2) is 56.2 Å². The van der Waals surface area contributed by atoms with Gasteiger partial charge in [0, 0.05) is 38.8 Å². The molecule has 2 N–H and O–H groups in total. The molecule has 0 amide bonds. The Morgan fingerprint density at radius 1 is 1.26 bits per heavy atom. The molecule has 0 bridgehead atoms. The molecule has 1 fully saturated rings. The van der Waals surface area contributed by atoms with E-state index in [1.165, 1.54) is 5.56 Å². The Bertz CT molecular complexity index is 389. The highest BCUT2D eigenvalue weighted by Gasteiger charge is 2.22. The van der Waals surface area contributed by atoms with Crippen LogP contribution in [0.25, 0.3) is 0 Å². The highest BCUT2D eigenvalue weighted by molar-refractivity contribution is 5.31. The molecule has 4 heteroatoms. The van der Waals surface area contributed by atoms with Crippen molar-refractivity contribution >= 4 is 0 Å². The van der Waals surface area contributed by atoms with Crippen molar-refractivity contribution < 1.29 is 4.74 Å². The lowest BCUT2D eigenvalue weighted by Crippen LogP contribution is -2.47. The maximum Gasteiger partial charge on any atom is 0.119 e. The van der Waals surface area contributed by atoms with Crippen molar-refractivity contribution in [1.29, 1.82) is 0 Å². The third kappa shape index (κ3) is 3.69. The lowest BCUT2D eigenvalue weighted by atomic mass is 10.0. The molecule has 106 valence electrons. The smallest absolute Gasteiger partial charge is 0.119 e. The first kappa shape index (κ1) is 14.3. The maximum absolute atomic E-state index is 6.00. The number of likely N-dealkylation sites (N-methyl/N-ethyl adjacent to an activating group) is 1. The number of hydrogen-bond acceptors (Lipinski definition) is 4. The minimum atomic E-state index is 0.300. The monoisotopic (exact) mass is 263 g/mol. The molecule has 19 heavy (non-hydrogen) atoms. The van der Waals surface area contributed by atoms with Crippen LogP contribution in [0.2, 0.25) is 0 Å². The van der Waals surface area contributed by atoms with E-state index in [0.29, 0.717) is 19.2 Å². The molecule has 1 unspecified atom stereocenters. The Hall–Kier alpha value is -1.10. The summed E-state index contributed by atoms with van der Waals surface area (Å²) < 4.78 is 5.58. The van der Waals surface area contributed by atoms with Crippen LogP contribution in [0.4, 0.5) is 0 Å². The molecule has 2 rings (SSSR count). The van der Waals surface area contributed by atoms with Crippen LogP contribution >= 0.6 is 0 Å². The number of nitrogens with zero attached hydrogens (tertiary/aromatic N) is 2. The molecule has 0 aliphatic carbocycles. The average molecular weight is 263 g/mol. The van der Waals surface area contributed by atoms with Gasteiger partial charge in [-0.1, -0.05) is 12.1 Å². The van der Waals surface area contributed by atoms with Gasteiger partial charge in [0.25, 0.3) is 0 Å². The van der Waals surface area contributed by atoms with E-state index >= 15 is 0 Å². The second kappa shape index (κ2) is 6.89. The van der Waals surface area contributed by atoms with Crippen molar-refractivity contribution in [3.8, 4) is 5.75 Å². The van der Waals surface area contributed by atoms with Crippen molar-refractivity contribution in [3.63, 3.8) is 0 Å². The first-order valence-corrected chi connectivity index (χ1v) is 7.10. The SMILES string of the molecule is CCOc1cccc(C(CN)N2CCN(C)CC2)c1. The molecule has 1 atom stereocenters. The van der Waals surface area contributed by atoms with Gasteiger partial charge >= 0.3 is 0 Å². The maximum atomic E-state index is 6.00. The van der Waals surface area contributed by atoms with Crippen molar-refractivity contribution in [2.45, 2.75) is 13.0 Å². The molecule has 0 aromatic heterocycles. The molecule has 4 nitrogen and oxygen atoms in total. The Morgan fingerprint density at radius 3 is 2.63 bits per heavy atom. The van der Waals surface area contributed by atoms with Gasteiger partial charge in [-0.05, 0) is 31.7 Å². The molecular formula is C15H25N3O. The fourth-order valence-corrected chi connectivity index (χ4v) is 2.61. The van der Waals surface area contributed by atoms with Crippen molar-refractivity contribution in [2.24, 2.45) is 5.73 Å². The second-order valence-electron chi connectivity index (χ2n) is 5.10. The first-order chi connectivity index (χ1) is 9.24. The lowest BCUT2D eigenvalue weighted by Gasteiger charge is -2.37. The van der Waals surface area contributed by atoms with Gasteiger partial charge in [0.05, 0.1) is 6.61 Å². The quantitative estimate of drug-likeness (QED) is 0.870. The average Bonchev–Trinajstić information content (AvgIpc) is 2.43. The van der Waals surface area contributed by atoms with Gasteiger partial charge < -0.3 is 15.4 Å². The number of benzene rings is 1. The zero-order chi connectivity index (χ0) is 13.7. The van der Waals surface area contributed by atoms with Crippen LogP contribution in [0, 0.1) is 0 Å². The summed E-state index contributed by atoms with van der Waals surface area (Å²) >= 11 is 0. The third-order valence-electron chi connectivity index (χ3n) is 3.76. The molecule has 0 spiro atoms. The Kier molecular flexibility index (Phi) is 5.19. The normalized spacial score (nSPS) is 19.3. The number of hydrogen-bond donors (Lipinski definition) is 1. The molecule has 1 aliphatic heterocycles. The molecule has 1 heterocycles. The lowest BCUT2D eigenvalue weighted by molar-refractivity contribution is 0.114. The molecule has 0 radical (unpaired) electrons. The van der Waals surface area contributed by atoms with E-state index in [2.05, 4.69) is 35.0 Å². The summed E-state index contributed by atoms with van der Waals surface area (Å²) in [7, 11) is 2.17. The number of nitrogens with two attached hydrogens (primary N) is 1. The van der Waals surface area contributed by atoms with Crippen molar-refractivity contribution in [3.05, 3.63) is 29.8 Å². The summed E-state index contributed by atoms with van der Waals surface area (Å²) in [5.41, 5.74) is 7.26. The predicted molar refractivity (Wildman–Crippen MR) is 78.5 cm³/mol. The highest BCUT2D eigenvalue weighted by Crippen LogP contribution is 2.24. The number of rotatable bonds is 5. The highest BCUT2D eigenvalue weighted by atomic mass is 16.5. The standard InChI is InChI=1S/C15H25N3O/c1-3-19-14-6-4-5-13(11-14)15(12-16)18-9-7-17(2)8-10-18/h4-6,11,15H,3,7-10,12,16H2,1-2H3. The summed E-state index contributed by atoms with van der Waals surface area (Å²) in [4.78, 5) is 4.84. The van der Waals surface area contributed by atoms with Gasteiger partial charge in [0.15, 0.2) is 0 Å². The largest absolute Gasteiger partial charge is 0.494 e. The molecule has 1 aromatic carbocycles. The van der Waals surface area contributed by atoms with E-state index in [-0.39, 0.29) is 0 Å². The zero-order valence-electron chi connectivity index (χ0n) is 12.0. The molecule has 1 aliphatic rings. The number of piperazine rings is 1. The van der Waals surface area contributed by atoms with Crippen LogP contribution in [0.15, 0.2) is 24.3 Å². The minimum absolute atomic E-state index is 0.300. The van der Waals surface area contributed by atoms with Gasteiger partial charge in [-0.2, -0.15) is 0 Å². The van der Waals surface area contributed by atoms with Gasteiger partial charge in [-0.25, -0.2) is 0 Å². The molecular weight excluding hydrogens is 238 g/mol. The first-order valence-electron chi connectivity index (χ1n) is 7.10. The van der Waals surface area contributed by atoms with Gasteiger partial charge in [-0.15, -0.1) is 0 Å². The fourth-order valence-electron chi connectivity index (χ4n) is 2.61. The summed E-state index contributed by atoms with van der Waals surface area (Å²) in [6.07, 6.45) is 0. The van der Waals surface area contributed by atoms with Crippen LogP contribution in [0.5, 0.6) is 5.75 Å². The van der Waals surface area contributed by atoms with E-state index in [1.54, 1.807) is 0 Å². The second-order valence-corrected chi connectivity index (χ2v) is 5.10. The van der Waals surface area contributed by atoms with E-state index in [4.69, 9.17) is 10.5 Å². The van der Waals surface area contributed by atoms with E-state index in [9.17, 15) is 0 Å². The molecule has 1 aromatic rings. The summed E-state index contributed by atoms with van der Waals surface area (Å²) in [5, 5.41) is 0. The topological polar surface area (TPSA) is 41.7 Å². The van der Waals surface area contributed by atoms with E-state index < -0.39 is 0 Å². The van der Waals surface area contributed by atoms with E-state index in [0.717, 1.165) is 31.9 Å². The summed E-state index contributed by atoms with van der Waals surface area (Å²) in [5.74, 6) is 0.938. The third-order valence-corrected chi connectivity index (χ3v) is 3.76. The van der Waals surface area contributed by atoms with Crippen molar-refractivity contribution in [1.82, 2.24) is 9.80 Å². The molecule has 1 saturated heterocycles. The van der Waals surface area contributed by atoms with Crippen LogP contribution in [-0.2, 0) is 0 Å². The minimum Gasteiger partial charge on any atom is -0.494 e. The predicted octanol–water partition coefficient (Wildman–Crippen LogP) is 1.33. The summed E-state index contributed by atoms with van der Waals surface area (Å²) in [6.45, 7) is 7.75. The van der Waals surface area contributed by atoms with Crippen LogP contribution in [0.3, 0.4) is 0 Å². The Labute approximate surface area is 116 Å². The van der Waals surface area contributed by atoms with Crippen LogP contribution in [0.1, 0.15) is 18.5 Å². The fraction of sp³-hybridized carbons (Fsp3) is 0.600. The van der Waals surface area contributed by atoms with Gasteiger partial charge in [0.2, 0.25) is 0 Å². The zero-order valence-corrected chi connectivity index (χ0v) is 12.0. The van der Waals surface area contributed by atoms with Gasteiger partial charge in [-0.3, -0.25) is 4.90 Å². The van der Waals surface area contributed by atoms with Crippen molar-refractivity contribution in [2.75, 3.05) is 46.4 Å².